The number of aliphatic hydroxyl groups excluding tert-OH is 1. The molecular formula is C9H19NO4. The van der Waals surface area contributed by atoms with Gasteiger partial charge in [0.25, 0.3) is 0 Å². The summed E-state index contributed by atoms with van der Waals surface area (Å²) in [7, 11) is 0. The molecule has 1 rings (SSSR count). The summed E-state index contributed by atoms with van der Waals surface area (Å²) >= 11 is 0. The lowest BCUT2D eigenvalue weighted by molar-refractivity contribution is -0.403. The minimum atomic E-state index is -2.81. The van der Waals surface area contributed by atoms with Crippen LogP contribution in [0.4, 0.5) is 0 Å². The van der Waals surface area contributed by atoms with Crippen LogP contribution in [0.3, 0.4) is 0 Å². The molecule has 0 amide bonds. The van der Waals surface area contributed by atoms with Crippen LogP contribution in [0.25, 0.3) is 0 Å². The number of aliphatic hydroxyl groups is 4. The zero-order valence-corrected chi connectivity index (χ0v) is 8.43. The lowest BCUT2D eigenvalue weighted by atomic mass is 10.1. The second-order valence-electron chi connectivity index (χ2n) is 3.86. The molecule has 1 fully saturated rings. The second kappa shape index (κ2) is 4.55. The molecule has 0 aromatic carbocycles. The van der Waals surface area contributed by atoms with Crippen molar-refractivity contribution in [2.24, 2.45) is 0 Å². The van der Waals surface area contributed by atoms with Crippen molar-refractivity contribution in [3.63, 3.8) is 0 Å². The third kappa shape index (κ3) is 2.65. The molecule has 5 nitrogen and oxygen atoms in total. The van der Waals surface area contributed by atoms with E-state index in [1.807, 2.05) is 6.92 Å². The van der Waals surface area contributed by atoms with Crippen LogP contribution < -0.4 is 0 Å². The molecule has 1 saturated carbocycles. The lowest BCUT2D eigenvalue weighted by Gasteiger charge is -2.36. The van der Waals surface area contributed by atoms with Crippen molar-refractivity contribution < 1.29 is 20.4 Å². The van der Waals surface area contributed by atoms with Crippen molar-refractivity contribution in [1.29, 1.82) is 0 Å². The standard InChI is InChI=1S/C9H19NO4/c1-2-6-10(9(12,13)14)7-4-3-5-8(7)11/h7-8,11-14H,2-6H2,1H3. The molecule has 1 aliphatic rings. The van der Waals surface area contributed by atoms with E-state index in [1.165, 1.54) is 0 Å². The van der Waals surface area contributed by atoms with Gasteiger partial charge in [-0.2, -0.15) is 0 Å². The van der Waals surface area contributed by atoms with Crippen molar-refractivity contribution in [3.8, 4) is 0 Å². The molecule has 2 atom stereocenters. The molecular weight excluding hydrogens is 186 g/mol. The van der Waals surface area contributed by atoms with Crippen LogP contribution in [0.15, 0.2) is 0 Å². The van der Waals surface area contributed by atoms with Crippen LogP contribution in [0, 0.1) is 0 Å². The first-order chi connectivity index (χ1) is 6.46. The lowest BCUT2D eigenvalue weighted by Crippen LogP contribution is -2.56. The Morgan fingerprint density at radius 1 is 1.29 bits per heavy atom. The highest BCUT2D eigenvalue weighted by molar-refractivity contribution is 4.85. The molecule has 0 saturated heterocycles. The van der Waals surface area contributed by atoms with E-state index in [-0.39, 0.29) is 6.04 Å². The topological polar surface area (TPSA) is 84.2 Å². The van der Waals surface area contributed by atoms with E-state index in [0.29, 0.717) is 25.8 Å². The number of hydrogen-bond donors (Lipinski definition) is 4. The van der Waals surface area contributed by atoms with Crippen molar-refractivity contribution in [1.82, 2.24) is 4.90 Å². The normalized spacial score (nSPS) is 28.7. The van der Waals surface area contributed by atoms with E-state index < -0.39 is 12.2 Å². The van der Waals surface area contributed by atoms with E-state index >= 15 is 0 Å². The highest BCUT2D eigenvalue weighted by Gasteiger charge is 2.40. The van der Waals surface area contributed by atoms with Gasteiger partial charge < -0.3 is 20.4 Å². The van der Waals surface area contributed by atoms with Gasteiger partial charge in [-0.15, -0.1) is 0 Å². The zero-order valence-electron chi connectivity index (χ0n) is 8.43. The predicted molar refractivity (Wildman–Crippen MR) is 50.0 cm³/mol. The van der Waals surface area contributed by atoms with Gasteiger partial charge in [0.15, 0.2) is 0 Å². The van der Waals surface area contributed by atoms with Gasteiger partial charge in [-0.05, 0) is 25.7 Å². The Bertz CT molecular complexity index is 180. The van der Waals surface area contributed by atoms with Gasteiger partial charge in [0, 0.05) is 12.6 Å². The average Bonchev–Trinajstić information content (AvgIpc) is 2.45. The molecule has 0 aromatic rings. The average molecular weight is 205 g/mol. The van der Waals surface area contributed by atoms with Crippen LogP contribution in [0.5, 0.6) is 0 Å². The molecule has 14 heavy (non-hydrogen) atoms. The summed E-state index contributed by atoms with van der Waals surface area (Å²) in [6.07, 6.45) is -0.515. The van der Waals surface area contributed by atoms with Crippen LogP contribution in [0.2, 0.25) is 0 Å². The third-order valence-corrected chi connectivity index (χ3v) is 2.69. The summed E-state index contributed by atoms with van der Waals surface area (Å²) in [6, 6.07) is -0.352. The Kier molecular flexibility index (Phi) is 3.86. The molecule has 2 unspecified atom stereocenters. The predicted octanol–water partition coefficient (Wildman–Crippen LogP) is -0.800. The molecule has 0 radical (unpaired) electrons. The molecule has 1 aliphatic carbocycles. The first kappa shape index (κ1) is 11.9. The summed E-state index contributed by atoms with van der Waals surface area (Å²) in [5, 5.41) is 36.9. The van der Waals surface area contributed by atoms with Gasteiger partial charge in [0.2, 0.25) is 0 Å². The summed E-state index contributed by atoms with van der Waals surface area (Å²) in [4.78, 5) is 1.14. The fraction of sp³-hybridized carbons (Fsp3) is 1.00. The maximum absolute atomic E-state index is 9.57. The maximum Gasteiger partial charge on any atom is 0.346 e. The van der Waals surface area contributed by atoms with Gasteiger partial charge in [-0.1, -0.05) is 6.92 Å². The molecule has 0 bridgehead atoms. The molecule has 0 aromatic heterocycles. The van der Waals surface area contributed by atoms with Gasteiger partial charge in [-0.3, -0.25) is 0 Å². The van der Waals surface area contributed by atoms with Crippen molar-refractivity contribution >= 4 is 0 Å². The first-order valence-electron chi connectivity index (χ1n) is 5.08. The Labute approximate surface area is 83.6 Å². The number of nitrogens with zero attached hydrogens (tertiary/aromatic N) is 1. The Hall–Kier alpha value is -0.200. The van der Waals surface area contributed by atoms with Gasteiger partial charge in [-0.25, -0.2) is 4.90 Å². The van der Waals surface area contributed by atoms with Gasteiger partial charge >= 0.3 is 6.10 Å². The van der Waals surface area contributed by atoms with Gasteiger partial charge in [0.05, 0.1) is 6.10 Å². The fourth-order valence-corrected chi connectivity index (χ4v) is 2.06. The fourth-order valence-electron chi connectivity index (χ4n) is 2.06. The monoisotopic (exact) mass is 205 g/mol. The largest absolute Gasteiger partial charge is 0.391 e. The Balaban J connectivity index is 2.66. The smallest absolute Gasteiger partial charge is 0.346 e. The minimum Gasteiger partial charge on any atom is -0.391 e. The SMILES string of the molecule is CCCN(C1CCCC1O)C(O)(O)O. The minimum absolute atomic E-state index is 0.352. The molecule has 5 heteroatoms. The van der Waals surface area contributed by atoms with Crippen molar-refractivity contribution in [2.45, 2.75) is 50.8 Å². The third-order valence-electron chi connectivity index (χ3n) is 2.69. The Morgan fingerprint density at radius 3 is 2.29 bits per heavy atom. The quantitative estimate of drug-likeness (QED) is 0.452. The van der Waals surface area contributed by atoms with E-state index in [1.54, 1.807) is 0 Å². The molecule has 0 heterocycles. The summed E-state index contributed by atoms with van der Waals surface area (Å²) < 4.78 is 0. The molecule has 84 valence electrons. The molecule has 4 N–H and O–H groups in total. The second-order valence-corrected chi connectivity index (χ2v) is 3.86. The highest BCUT2D eigenvalue weighted by atomic mass is 16.7. The summed E-state index contributed by atoms with van der Waals surface area (Å²) in [5.74, 6) is 0. The molecule has 0 aliphatic heterocycles. The van der Waals surface area contributed by atoms with Crippen LogP contribution >= 0.6 is 0 Å². The van der Waals surface area contributed by atoms with Crippen LogP contribution in [-0.2, 0) is 0 Å². The number of rotatable bonds is 4. The van der Waals surface area contributed by atoms with E-state index in [0.717, 1.165) is 11.3 Å². The van der Waals surface area contributed by atoms with E-state index in [4.69, 9.17) is 15.3 Å². The van der Waals surface area contributed by atoms with Crippen LogP contribution in [-0.4, -0.2) is 50.1 Å². The maximum atomic E-state index is 9.57. The van der Waals surface area contributed by atoms with Crippen molar-refractivity contribution in [2.75, 3.05) is 6.54 Å². The summed E-state index contributed by atoms with van der Waals surface area (Å²) in [6.45, 7) is 2.23. The number of hydrogen-bond acceptors (Lipinski definition) is 5. The van der Waals surface area contributed by atoms with E-state index in [9.17, 15) is 5.11 Å². The van der Waals surface area contributed by atoms with Crippen LogP contribution in [0.1, 0.15) is 32.6 Å². The van der Waals surface area contributed by atoms with Crippen molar-refractivity contribution in [3.05, 3.63) is 0 Å². The zero-order chi connectivity index (χ0) is 10.8. The summed E-state index contributed by atoms with van der Waals surface area (Å²) in [5.41, 5.74) is 0. The van der Waals surface area contributed by atoms with Gasteiger partial charge in [0.1, 0.15) is 0 Å². The Morgan fingerprint density at radius 2 is 1.93 bits per heavy atom. The first-order valence-corrected chi connectivity index (χ1v) is 5.08. The molecule has 0 spiro atoms. The highest BCUT2D eigenvalue weighted by Crippen LogP contribution is 2.27. The van der Waals surface area contributed by atoms with E-state index in [2.05, 4.69) is 0 Å².